The lowest BCUT2D eigenvalue weighted by molar-refractivity contribution is -0.138. The van der Waals surface area contributed by atoms with Crippen molar-refractivity contribution in [1.29, 1.82) is 5.26 Å². The van der Waals surface area contributed by atoms with E-state index >= 15 is 0 Å². The number of carbonyl (C=O) groups excluding carboxylic acids is 1. The molecule has 5 heteroatoms. The van der Waals surface area contributed by atoms with Gasteiger partial charge in [0.25, 0.3) is 0 Å². The first-order valence-electron chi connectivity index (χ1n) is 7.01. The van der Waals surface area contributed by atoms with Gasteiger partial charge in [-0.3, -0.25) is 0 Å². The molecule has 1 aromatic carbocycles. The third-order valence-corrected chi connectivity index (χ3v) is 3.94. The molecule has 1 atom stereocenters. The molecule has 0 saturated heterocycles. The van der Waals surface area contributed by atoms with Crippen molar-refractivity contribution in [3.63, 3.8) is 0 Å². The van der Waals surface area contributed by atoms with E-state index in [1.165, 1.54) is 0 Å². The van der Waals surface area contributed by atoms with Crippen molar-refractivity contribution in [2.24, 2.45) is 0 Å². The van der Waals surface area contributed by atoms with Crippen molar-refractivity contribution in [3.8, 4) is 6.07 Å². The third-order valence-electron chi connectivity index (χ3n) is 3.59. The standard InChI is InChI=1S/C17H17ClN2O2/c1-4-22-17(21)15-11(3)20-10(2)13(9-19)16(15)12-7-5-6-8-14(12)18/h5-8,16,20H,4H2,1-3H3. The van der Waals surface area contributed by atoms with Gasteiger partial charge in [0.15, 0.2) is 0 Å². The van der Waals surface area contributed by atoms with Crippen LogP contribution in [0.15, 0.2) is 46.8 Å². The van der Waals surface area contributed by atoms with E-state index < -0.39 is 11.9 Å². The number of ether oxygens (including phenoxy) is 1. The molecule has 0 aliphatic carbocycles. The molecule has 1 heterocycles. The minimum absolute atomic E-state index is 0.273. The second-order valence-corrected chi connectivity index (χ2v) is 5.40. The summed E-state index contributed by atoms with van der Waals surface area (Å²) in [5, 5.41) is 13.1. The Hall–Kier alpha value is -2.25. The maximum atomic E-state index is 12.4. The SMILES string of the molecule is CCOC(=O)C1=C(C)NC(C)=C(C#N)C1c1ccccc1Cl. The Morgan fingerprint density at radius 2 is 2.05 bits per heavy atom. The molecular weight excluding hydrogens is 300 g/mol. The average Bonchev–Trinajstić information content (AvgIpc) is 2.47. The number of benzene rings is 1. The zero-order valence-corrected chi connectivity index (χ0v) is 13.5. The number of hydrogen-bond donors (Lipinski definition) is 1. The molecular formula is C17H17ClN2O2. The highest BCUT2D eigenvalue weighted by molar-refractivity contribution is 6.31. The van der Waals surface area contributed by atoms with Crippen LogP contribution >= 0.6 is 11.6 Å². The zero-order valence-electron chi connectivity index (χ0n) is 12.7. The fraction of sp³-hybridized carbons (Fsp3) is 0.294. The summed E-state index contributed by atoms with van der Waals surface area (Å²) in [6.45, 7) is 5.64. The summed E-state index contributed by atoms with van der Waals surface area (Å²) < 4.78 is 5.16. The second kappa shape index (κ2) is 6.67. The van der Waals surface area contributed by atoms with Gasteiger partial charge in [-0.1, -0.05) is 29.8 Å². The van der Waals surface area contributed by atoms with Crippen molar-refractivity contribution in [2.75, 3.05) is 6.61 Å². The van der Waals surface area contributed by atoms with E-state index in [2.05, 4.69) is 11.4 Å². The highest BCUT2D eigenvalue weighted by atomic mass is 35.5. The molecule has 1 N–H and O–H groups in total. The lowest BCUT2D eigenvalue weighted by Crippen LogP contribution is -2.28. The topological polar surface area (TPSA) is 62.1 Å². The van der Waals surface area contributed by atoms with Gasteiger partial charge < -0.3 is 10.1 Å². The van der Waals surface area contributed by atoms with Gasteiger partial charge in [-0.2, -0.15) is 5.26 Å². The predicted octanol–water partition coefficient (Wildman–Crippen LogP) is 3.66. The summed E-state index contributed by atoms with van der Waals surface area (Å²) in [5.41, 5.74) is 3.03. The van der Waals surface area contributed by atoms with Gasteiger partial charge in [-0.05, 0) is 32.4 Å². The minimum atomic E-state index is -0.515. The molecule has 2 rings (SSSR count). The summed E-state index contributed by atoms with van der Waals surface area (Å²) in [6, 6.07) is 9.43. The molecule has 0 amide bonds. The van der Waals surface area contributed by atoms with E-state index in [9.17, 15) is 10.1 Å². The lowest BCUT2D eigenvalue weighted by Gasteiger charge is -2.28. The van der Waals surface area contributed by atoms with Crippen molar-refractivity contribution >= 4 is 17.6 Å². The van der Waals surface area contributed by atoms with Gasteiger partial charge >= 0.3 is 5.97 Å². The number of nitrogens with one attached hydrogen (secondary N) is 1. The number of rotatable bonds is 3. The van der Waals surface area contributed by atoms with Gasteiger partial charge in [0.2, 0.25) is 0 Å². The second-order valence-electron chi connectivity index (χ2n) is 4.99. The number of hydrogen-bond acceptors (Lipinski definition) is 4. The largest absolute Gasteiger partial charge is 0.463 e. The van der Waals surface area contributed by atoms with Crippen LogP contribution in [0.3, 0.4) is 0 Å². The molecule has 1 aromatic rings. The first-order chi connectivity index (χ1) is 10.5. The summed E-state index contributed by atoms with van der Waals surface area (Å²) in [7, 11) is 0. The molecule has 0 aromatic heterocycles. The molecule has 4 nitrogen and oxygen atoms in total. The zero-order chi connectivity index (χ0) is 16.3. The quantitative estimate of drug-likeness (QED) is 0.864. The van der Waals surface area contributed by atoms with Crippen LogP contribution in [-0.2, 0) is 9.53 Å². The van der Waals surface area contributed by atoms with Crippen LogP contribution in [0.5, 0.6) is 0 Å². The molecule has 22 heavy (non-hydrogen) atoms. The van der Waals surface area contributed by atoms with Crippen LogP contribution in [0.2, 0.25) is 5.02 Å². The predicted molar refractivity (Wildman–Crippen MR) is 85.0 cm³/mol. The normalized spacial score (nSPS) is 17.9. The molecule has 0 spiro atoms. The number of allylic oxidation sites excluding steroid dienone is 3. The maximum Gasteiger partial charge on any atom is 0.336 e. The minimum Gasteiger partial charge on any atom is -0.463 e. The Morgan fingerprint density at radius 3 is 2.64 bits per heavy atom. The molecule has 0 fully saturated rings. The van der Waals surface area contributed by atoms with Crippen LogP contribution in [0, 0.1) is 11.3 Å². The number of dihydropyridines is 1. The monoisotopic (exact) mass is 316 g/mol. The van der Waals surface area contributed by atoms with Gasteiger partial charge in [0.05, 0.1) is 29.7 Å². The number of carbonyl (C=O) groups is 1. The van der Waals surface area contributed by atoms with Crippen LogP contribution in [0.4, 0.5) is 0 Å². The van der Waals surface area contributed by atoms with Crippen molar-refractivity contribution in [2.45, 2.75) is 26.7 Å². The highest BCUT2D eigenvalue weighted by Gasteiger charge is 2.35. The summed E-state index contributed by atoms with van der Waals surface area (Å²) >= 11 is 6.30. The van der Waals surface area contributed by atoms with Gasteiger partial charge in [0.1, 0.15) is 0 Å². The molecule has 1 aliphatic rings. The molecule has 0 radical (unpaired) electrons. The van der Waals surface area contributed by atoms with Gasteiger partial charge in [-0.15, -0.1) is 0 Å². The van der Waals surface area contributed by atoms with E-state index in [1.54, 1.807) is 19.9 Å². The number of nitriles is 1. The smallest absolute Gasteiger partial charge is 0.336 e. The summed E-state index contributed by atoms with van der Waals surface area (Å²) in [6.07, 6.45) is 0. The van der Waals surface area contributed by atoms with E-state index in [0.717, 1.165) is 11.3 Å². The van der Waals surface area contributed by atoms with E-state index in [1.807, 2.05) is 25.1 Å². The van der Waals surface area contributed by atoms with Crippen molar-refractivity contribution < 1.29 is 9.53 Å². The van der Waals surface area contributed by atoms with Crippen LogP contribution < -0.4 is 5.32 Å². The number of esters is 1. The van der Waals surface area contributed by atoms with E-state index in [-0.39, 0.29) is 6.61 Å². The van der Waals surface area contributed by atoms with E-state index in [4.69, 9.17) is 16.3 Å². The van der Waals surface area contributed by atoms with Crippen molar-refractivity contribution in [3.05, 3.63) is 57.4 Å². The third kappa shape index (κ3) is 2.86. The highest BCUT2D eigenvalue weighted by Crippen LogP contribution is 2.40. The lowest BCUT2D eigenvalue weighted by atomic mass is 9.81. The average molecular weight is 317 g/mol. The Morgan fingerprint density at radius 1 is 1.36 bits per heavy atom. The Labute approximate surface area is 135 Å². The molecule has 0 bridgehead atoms. The summed E-state index contributed by atoms with van der Waals surface area (Å²) in [5.74, 6) is -0.948. The Bertz CT molecular complexity index is 714. The molecule has 1 unspecified atom stereocenters. The van der Waals surface area contributed by atoms with Gasteiger partial charge in [-0.25, -0.2) is 4.79 Å². The maximum absolute atomic E-state index is 12.4. The first-order valence-corrected chi connectivity index (χ1v) is 7.39. The molecule has 114 valence electrons. The fourth-order valence-electron chi connectivity index (χ4n) is 2.64. The first kappa shape index (κ1) is 16.1. The van der Waals surface area contributed by atoms with Crippen LogP contribution in [0.1, 0.15) is 32.3 Å². The Balaban J connectivity index is 2.65. The van der Waals surface area contributed by atoms with Crippen LogP contribution in [-0.4, -0.2) is 12.6 Å². The van der Waals surface area contributed by atoms with E-state index in [0.29, 0.717) is 21.9 Å². The van der Waals surface area contributed by atoms with Crippen molar-refractivity contribution in [1.82, 2.24) is 5.32 Å². The number of halogens is 1. The number of nitrogens with zero attached hydrogens (tertiary/aromatic N) is 1. The van der Waals surface area contributed by atoms with Gasteiger partial charge in [0, 0.05) is 16.4 Å². The molecule has 1 aliphatic heterocycles. The molecule has 0 saturated carbocycles. The van der Waals surface area contributed by atoms with Crippen LogP contribution in [0.25, 0.3) is 0 Å². The summed E-state index contributed by atoms with van der Waals surface area (Å²) in [4.78, 5) is 12.4. The fourth-order valence-corrected chi connectivity index (χ4v) is 2.89. The Kier molecular flexibility index (Phi) is 4.89.